The summed E-state index contributed by atoms with van der Waals surface area (Å²) < 4.78 is 4.89. The summed E-state index contributed by atoms with van der Waals surface area (Å²) in [4.78, 5) is 10.3. The van der Waals surface area contributed by atoms with Crippen molar-refractivity contribution in [2.75, 3.05) is 7.11 Å². The van der Waals surface area contributed by atoms with Crippen molar-refractivity contribution >= 4 is 5.97 Å². The van der Waals surface area contributed by atoms with E-state index in [2.05, 4.69) is 13.8 Å². The number of carboxylic acid groups (broad SMARTS) is 1. The van der Waals surface area contributed by atoms with Gasteiger partial charge in [0, 0.05) is 6.42 Å². The number of carboxylic acids is 1. The molecule has 0 aromatic heterocycles. The third-order valence-electron chi connectivity index (χ3n) is 1.51. The lowest BCUT2D eigenvalue weighted by atomic mass is 10.1. The van der Waals surface area contributed by atoms with E-state index in [0.717, 1.165) is 12.5 Å². The minimum absolute atomic E-state index is 0.538. The van der Waals surface area contributed by atoms with Crippen LogP contribution in [0.5, 0.6) is 0 Å². The maximum Gasteiger partial charge on any atom is 0.331 e. The number of methoxy groups -OCH3 is 1. The summed E-state index contributed by atoms with van der Waals surface area (Å²) in [7, 11) is 1.50. The molecule has 12 heavy (non-hydrogen) atoms. The number of hydrogen-bond acceptors (Lipinski definition) is 2. The number of aliphatic carboxylic acids is 1. The van der Waals surface area contributed by atoms with Crippen LogP contribution in [0.3, 0.4) is 0 Å². The second-order valence-electron chi connectivity index (χ2n) is 3.09. The van der Waals surface area contributed by atoms with Crippen molar-refractivity contribution < 1.29 is 14.6 Å². The van der Waals surface area contributed by atoms with Gasteiger partial charge in [-0.15, -0.1) is 0 Å². The Labute approximate surface area is 73.0 Å². The highest BCUT2D eigenvalue weighted by Gasteiger charge is 2.01. The molecule has 0 amide bonds. The summed E-state index contributed by atoms with van der Waals surface area (Å²) in [5.74, 6) is 0.157. The van der Waals surface area contributed by atoms with Crippen molar-refractivity contribution in [2.45, 2.75) is 26.7 Å². The van der Waals surface area contributed by atoms with Gasteiger partial charge in [0.25, 0.3) is 0 Å². The molecular formula is C9H16O3. The summed E-state index contributed by atoms with van der Waals surface area (Å²) in [6, 6.07) is 0. The Morgan fingerprint density at radius 3 is 2.50 bits per heavy atom. The zero-order chi connectivity index (χ0) is 9.56. The van der Waals surface area contributed by atoms with Gasteiger partial charge in [-0.25, -0.2) is 4.79 Å². The highest BCUT2D eigenvalue weighted by atomic mass is 16.5. The predicted molar refractivity (Wildman–Crippen MR) is 46.8 cm³/mol. The lowest BCUT2D eigenvalue weighted by Gasteiger charge is -2.06. The molecule has 0 radical (unpaired) electrons. The van der Waals surface area contributed by atoms with Crippen LogP contribution in [0, 0.1) is 5.92 Å². The lowest BCUT2D eigenvalue weighted by molar-refractivity contribution is -0.131. The van der Waals surface area contributed by atoms with Crippen LogP contribution in [-0.2, 0) is 9.53 Å². The first kappa shape index (κ1) is 11.0. The third kappa shape index (κ3) is 5.77. The van der Waals surface area contributed by atoms with Crippen molar-refractivity contribution in [3.05, 3.63) is 11.8 Å². The van der Waals surface area contributed by atoms with E-state index < -0.39 is 5.97 Å². The molecular weight excluding hydrogens is 156 g/mol. The average Bonchev–Trinajstić information content (AvgIpc) is 1.97. The smallest absolute Gasteiger partial charge is 0.331 e. The molecule has 1 N–H and O–H groups in total. The highest BCUT2D eigenvalue weighted by Crippen LogP contribution is 2.11. The number of allylic oxidation sites excluding steroid dienone is 1. The summed E-state index contributed by atoms with van der Waals surface area (Å²) >= 11 is 0. The van der Waals surface area contributed by atoms with E-state index in [0.29, 0.717) is 18.1 Å². The topological polar surface area (TPSA) is 46.5 Å². The molecule has 0 spiro atoms. The van der Waals surface area contributed by atoms with E-state index >= 15 is 0 Å². The molecule has 70 valence electrons. The van der Waals surface area contributed by atoms with Crippen LogP contribution < -0.4 is 0 Å². The second-order valence-corrected chi connectivity index (χ2v) is 3.09. The minimum Gasteiger partial charge on any atom is -0.501 e. The fraction of sp³-hybridized carbons (Fsp3) is 0.667. The van der Waals surface area contributed by atoms with E-state index in [1.54, 1.807) is 0 Å². The molecule has 0 heterocycles. The normalized spacial score (nSPS) is 11.8. The average molecular weight is 172 g/mol. The largest absolute Gasteiger partial charge is 0.501 e. The Hall–Kier alpha value is -0.990. The molecule has 0 aliphatic heterocycles. The SMILES string of the molecule is COC(=CC(=O)O)CCC(C)C. The van der Waals surface area contributed by atoms with Crippen molar-refractivity contribution in [3.63, 3.8) is 0 Å². The molecule has 0 fully saturated rings. The number of hydrogen-bond donors (Lipinski definition) is 1. The van der Waals surface area contributed by atoms with Crippen LogP contribution in [0.4, 0.5) is 0 Å². The van der Waals surface area contributed by atoms with Crippen molar-refractivity contribution in [1.82, 2.24) is 0 Å². The van der Waals surface area contributed by atoms with Gasteiger partial charge in [0.15, 0.2) is 0 Å². The first-order chi connectivity index (χ1) is 5.56. The Bertz CT molecular complexity index is 171. The molecule has 0 saturated carbocycles. The number of carbonyl (C=O) groups is 1. The minimum atomic E-state index is -0.949. The molecule has 0 atom stereocenters. The predicted octanol–water partition coefficient (Wildman–Crippen LogP) is 2.04. The van der Waals surface area contributed by atoms with Crippen molar-refractivity contribution in [1.29, 1.82) is 0 Å². The van der Waals surface area contributed by atoms with E-state index in [4.69, 9.17) is 9.84 Å². The summed E-state index contributed by atoms with van der Waals surface area (Å²) in [6.07, 6.45) is 2.76. The van der Waals surface area contributed by atoms with Crippen LogP contribution in [0.1, 0.15) is 26.7 Å². The van der Waals surface area contributed by atoms with Gasteiger partial charge in [-0.05, 0) is 12.3 Å². The van der Waals surface area contributed by atoms with Gasteiger partial charge in [0.2, 0.25) is 0 Å². The maximum absolute atomic E-state index is 10.3. The fourth-order valence-electron chi connectivity index (χ4n) is 0.802. The maximum atomic E-state index is 10.3. The summed E-state index contributed by atoms with van der Waals surface area (Å²) in [5, 5.41) is 8.42. The zero-order valence-electron chi connectivity index (χ0n) is 7.83. The first-order valence-corrected chi connectivity index (χ1v) is 4.03. The fourth-order valence-corrected chi connectivity index (χ4v) is 0.802. The quantitative estimate of drug-likeness (QED) is 0.510. The molecule has 3 heteroatoms. The van der Waals surface area contributed by atoms with Gasteiger partial charge in [0.1, 0.15) is 5.76 Å². The number of rotatable bonds is 5. The van der Waals surface area contributed by atoms with Crippen molar-refractivity contribution in [3.8, 4) is 0 Å². The summed E-state index contributed by atoms with van der Waals surface area (Å²) in [6.45, 7) is 4.18. The standard InChI is InChI=1S/C9H16O3/c1-7(2)4-5-8(12-3)6-9(10)11/h6-7H,4-5H2,1-3H3,(H,10,11). The van der Waals surface area contributed by atoms with Crippen LogP contribution in [-0.4, -0.2) is 18.2 Å². The van der Waals surface area contributed by atoms with Gasteiger partial charge < -0.3 is 9.84 Å². The van der Waals surface area contributed by atoms with Crippen LogP contribution in [0.25, 0.3) is 0 Å². The molecule has 0 aromatic rings. The zero-order valence-corrected chi connectivity index (χ0v) is 7.83. The van der Waals surface area contributed by atoms with Crippen molar-refractivity contribution in [2.24, 2.45) is 5.92 Å². The molecule has 0 unspecified atom stereocenters. The van der Waals surface area contributed by atoms with E-state index in [-0.39, 0.29) is 0 Å². The van der Waals surface area contributed by atoms with Crippen LogP contribution >= 0.6 is 0 Å². The molecule has 0 aromatic carbocycles. The van der Waals surface area contributed by atoms with Crippen LogP contribution in [0.2, 0.25) is 0 Å². The van der Waals surface area contributed by atoms with Gasteiger partial charge in [-0.2, -0.15) is 0 Å². The summed E-state index contributed by atoms with van der Waals surface area (Å²) in [5.41, 5.74) is 0. The molecule has 0 rings (SSSR count). The molecule has 0 saturated heterocycles. The van der Waals surface area contributed by atoms with Crippen LogP contribution in [0.15, 0.2) is 11.8 Å². The molecule has 0 aliphatic carbocycles. The first-order valence-electron chi connectivity index (χ1n) is 4.03. The van der Waals surface area contributed by atoms with E-state index in [1.165, 1.54) is 7.11 Å². The second kappa shape index (κ2) is 5.63. The Morgan fingerprint density at radius 2 is 2.17 bits per heavy atom. The van der Waals surface area contributed by atoms with Gasteiger partial charge in [-0.3, -0.25) is 0 Å². The molecule has 0 bridgehead atoms. The monoisotopic (exact) mass is 172 g/mol. The highest BCUT2D eigenvalue weighted by molar-refractivity contribution is 5.80. The van der Waals surface area contributed by atoms with E-state index in [9.17, 15) is 4.79 Å². The van der Waals surface area contributed by atoms with Gasteiger partial charge in [0.05, 0.1) is 13.2 Å². The van der Waals surface area contributed by atoms with E-state index in [1.807, 2.05) is 0 Å². The Morgan fingerprint density at radius 1 is 1.58 bits per heavy atom. The van der Waals surface area contributed by atoms with Gasteiger partial charge >= 0.3 is 5.97 Å². The lowest BCUT2D eigenvalue weighted by Crippen LogP contribution is -1.97. The molecule has 3 nitrogen and oxygen atoms in total. The Balaban J connectivity index is 3.91. The number of ether oxygens (including phenoxy) is 1. The third-order valence-corrected chi connectivity index (χ3v) is 1.51. The molecule has 0 aliphatic rings. The Kier molecular flexibility index (Phi) is 5.17. The van der Waals surface area contributed by atoms with Gasteiger partial charge in [-0.1, -0.05) is 13.8 Å².